The fourth-order valence-corrected chi connectivity index (χ4v) is 19.0. The first-order chi connectivity index (χ1) is 55.0. The van der Waals surface area contributed by atoms with Gasteiger partial charge in [-0.05, 0) is 128 Å². The smallest absolute Gasteiger partial charge is 0.261 e. The highest BCUT2D eigenvalue weighted by molar-refractivity contribution is 6.08. The molecule has 3 saturated heterocycles. The number of likely N-dealkylation sites (tertiary alicyclic amines) is 3. The lowest BCUT2D eigenvalue weighted by Gasteiger charge is -2.49. The van der Waals surface area contributed by atoms with E-state index in [1.165, 1.54) is 0 Å². The topological polar surface area (TPSA) is 325 Å². The maximum atomic E-state index is 14.0. The first-order valence-electron chi connectivity index (χ1n) is 40.1. The van der Waals surface area contributed by atoms with Crippen molar-refractivity contribution in [2.75, 3.05) is 39.3 Å². The van der Waals surface area contributed by atoms with Gasteiger partial charge in [0.25, 0.3) is 16.7 Å². The van der Waals surface area contributed by atoms with Crippen LogP contribution in [0.15, 0.2) is 198 Å². The van der Waals surface area contributed by atoms with Gasteiger partial charge in [0.1, 0.15) is 29.3 Å². The van der Waals surface area contributed by atoms with Crippen LogP contribution in [0.3, 0.4) is 0 Å². The van der Waals surface area contributed by atoms with Crippen molar-refractivity contribution in [2.45, 2.75) is 188 Å². The van der Waals surface area contributed by atoms with Gasteiger partial charge in [-0.3, -0.25) is 47.9 Å². The van der Waals surface area contributed by atoms with Gasteiger partial charge >= 0.3 is 0 Å². The van der Waals surface area contributed by atoms with Crippen molar-refractivity contribution in [3.05, 3.63) is 258 Å². The summed E-state index contributed by atoms with van der Waals surface area (Å²) in [6.07, 6.45) is 21.6. The van der Waals surface area contributed by atoms with Crippen LogP contribution >= 0.6 is 0 Å². The summed E-state index contributed by atoms with van der Waals surface area (Å²) in [5.74, 6) is 0. The number of aliphatic hydroxyl groups is 3. The van der Waals surface area contributed by atoms with Gasteiger partial charge < -0.3 is 35.0 Å². The number of hydroxylamine groups is 6. The van der Waals surface area contributed by atoms with Crippen LogP contribution < -0.4 is 16.7 Å². The maximum absolute atomic E-state index is 14.0. The van der Waals surface area contributed by atoms with Crippen molar-refractivity contribution in [2.24, 2.45) is 0 Å². The zero-order valence-corrected chi connectivity index (χ0v) is 63.5. The van der Waals surface area contributed by atoms with Crippen LogP contribution in [0.1, 0.15) is 167 Å². The Labute approximate surface area is 654 Å². The first kappa shape index (κ1) is 76.1. The van der Waals surface area contributed by atoms with E-state index in [-0.39, 0.29) is 47.9 Å². The summed E-state index contributed by atoms with van der Waals surface area (Å²) >= 11 is 0. The van der Waals surface area contributed by atoms with Crippen molar-refractivity contribution in [1.82, 2.24) is 48.5 Å². The zero-order valence-electron chi connectivity index (χ0n) is 63.5. The number of hydrogen-bond acceptors (Lipinski definition) is 18. The third-order valence-corrected chi connectivity index (χ3v) is 25.7. The van der Waals surface area contributed by atoms with Crippen LogP contribution in [0.2, 0.25) is 0 Å². The molecule has 3 saturated carbocycles. The Kier molecular flexibility index (Phi) is 21.5. The third-order valence-electron chi connectivity index (χ3n) is 25.7. The van der Waals surface area contributed by atoms with E-state index < -0.39 is 43.8 Å². The number of fused-ring (bicyclic) bond motifs is 9. The highest BCUT2D eigenvalue weighted by Gasteiger charge is 2.45. The Hall–Kier alpha value is -10.9. The summed E-state index contributed by atoms with van der Waals surface area (Å²) in [5, 5.41) is 97.1. The van der Waals surface area contributed by atoms with E-state index in [4.69, 9.17) is 4.98 Å². The molecule has 3 N–H and O–H groups in total. The van der Waals surface area contributed by atoms with Crippen molar-refractivity contribution < 1.29 is 24.6 Å². The summed E-state index contributed by atoms with van der Waals surface area (Å²) < 4.78 is 3.91. The average molecular weight is 1510 g/mol. The van der Waals surface area contributed by atoms with E-state index in [9.17, 15) is 55.9 Å². The zero-order chi connectivity index (χ0) is 78.1. The number of quaternary nitrogens is 2. The van der Waals surface area contributed by atoms with Crippen molar-refractivity contribution in [3.8, 4) is 18.2 Å². The fourth-order valence-electron chi connectivity index (χ4n) is 19.0. The van der Waals surface area contributed by atoms with E-state index in [2.05, 4.69) is 54.1 Å². The lowest BCUT2D eigenvalue weighted by Crippen LogP contribution is -2.52. The van der Waals surface area contributed by atoms with E-state index in [0.29, 0.717) is 104 Å². The SMILES string of the molecule is N#CC1(c2ccccn2)CCN(Cc2cc3c(=O)n([C@H]4CCCC[C@@H]4O)cnc3c3ccccc23)CC1.N#CC1(c2ccccn2)CC[N+]([O-])(Cc2cc3c(=O)n([C@H]4CCCC[C@@H]4O)cnc3c3ccccc23)CC1.N#CC1(c2ccccn2)CC[N+]([O-])(Cc2cc3c(=O)n([C@H]4CCCC[C@@H]4O)cnc3c3ccccc23)CC1. The number of aromatic nitrogens is 9. The molecule has 6 fully saturated rings. The molecule has 23 nitrogen and oxygen atoms in total. The molecular weight excluding hydrogens is 1420 g/mol. The molecule has 0 radical (unpaired) electrons. The quantitative estimate of drug-likeness (QED) is 0.0581. The average Bonchev–Trinajstić information content (AvgIpc) is 0.751. The monoisotopic (exact) mass is 1510 g/mol. The lowest BCUT2D eigenvalue weighted by atomic mass is 9.76. The predicted octanol–water partition coefficient (Wildman–Crippen LogP) is 13.5. The molecule has 0 unspecified atom stereocenters. The van der Waals surface area contributed by atoms with Crippen LogP contribution in [0.4, 0.5) is 0 Å². The first-order valence-corrected chi connectivity index (χ1v) is 40.1. The molecule has 12 aromatic rings. The largest absolute Gasteiger partial charge is 0.633 e. The van der Waals surface area contributed by atoms with Gasteiger partial charge in [-0.25, -0.2) is 15.0 Å². The Morgan fingerprint density at radius 1 is 0.381 bits per heavy atom. The number of pyridine rings is 3. The number of piperidine rings is 3. The van der Waals surface area contributed by atoms with E-state index in [1.807, 2.05) is 140 Å². The van der Waals surface area contributed by atoms with Gasteiger partial charge in [0.05, 0.1) is 150 Å². The molecule has 0 bridgehead atoms. The van der Waals surface area contributed by atoms with Crippen molar-refractivity contribution in [3.63, 3.8) is 0 Å². The van der Waals surface area contributed by atoms with E-state index >= 15 is 0 Å². The minimum atomic E-state index is -0.753. The van der Waals surface area contributed by atoms with Crippen LogP contribution in [-0.2, 0) is 35.9 Å². The van der Waals surface area contributed by atoms with Crippen LogP contribution in [0.25, 0.3) is 65.0 Å². The predicted molar refractivity (Wildman–Crippen MR) is 433 cm³/mol. The van der Waals surface area contributed by atoms with E-state index in [0.717, 1.165) is 156 Å². The summed E-state index contributed by atoms with van der Waals surface area (Å²) in [5.41, 5.74) is 4.46. The molecule has 9 heterocycles. The Bertz CT molecular complexity index is 5600. The molecule has 3 aliphatic heterocycles. The van der Waals surface area contributed by atoms with Gasteiger partial charge in [0.2, 0.25) is 0 Å². The van der Waals surface area contributed by atoms with Crippen LogP contribution in [0, 0.1) is 44.4 Å². The molecule has 6 aromatic heterocycles. The molecule has 576 valence electrons. The second-order valence-electron chi connectivity index (χ2n) is 32.4. The number of benzene rings is 6. The highest BCUT2D eigenvalue weighted by atomic mass is 16.5. The minimum absolute atomic E-state index is 0.0831. The summed E-state index contributed by atoms with van der Waals surface area (Å²) in [7, 11) is 0. The molecule has 3 aliphatic carbocycles. The normalized spacial score (nSPS) is 26.0. The molecule has 6 aliphatic rings. The number of hydrogen-bond donors (Lipinski definition) is 3. The minimum Gasteiger partial charge on any atom is -0.633 e. The molecule has 113 heavy (non-hydrogen) atoms. The summed E-state index contributed by atoms with van der Waals surface area (Å²) in [4.78, 5) is 70.9. The third kappa shape index (κ3) is 14.8. The molecule has 0 spiro atoms. The second-order valence-corrected chi connectivity index (χ2v) is 32.4. The molecule has 18 rings (SSSR count). The van der Waals surface area contributed by atoms with Gasteiger partial charge in [-0.1, -0.05) is 130 Å². The van der Waals surface area contributed by atoms with Crippen LogP contribution in [0.5, 0.6) is 0 Å². The molecule has 6 atom stereocenters. The molecule has 0 amide bonds. The fraction of sp³-hybridized carbons (Fsp3) is 0.400. The Balaban J connectivity index is 0.000000128. The molecular formula is C90H93N15O8. The highest BCUT2D eigenvalue weighted by Crippen LogP contribution is 2.43. The maximum Gasteiger partial charge on any atom is 0.261 e. The Morgan fingerprint density at radius 2 is 0.673 bits per heavy atom. The van der Waals surface area contributed by atoms with Gasteiger partial charge in [-0.2, -0.15) is 15.8 Å². The van der Waals surface area contributed by atoms with Gasteiger partial charge in [0, 0.05) is 91.2 Å². The lowest BCUT2D eigenvalue weighted by molar-refractivity contribution is -0.899. The van der Waals surface area contributed by atoms with Gasteiger partial charge in [0.15, 0.2) is 0 Å². The molecule has 6 aromatic carbocycles. The number of aliphatic hydroxyl groups excluding tert-OH is 3. The second kappa shape index (κ2) is 31.9. The standard InChI is InChI=1S/2C30H31N5O3.C30H31N5O2/c2*31-19-30(27-11-5-6-14-32-27)12-15-35(38,16-13-30)18-21-17-24-28(23-8-2-1-7-22(21)23)33-20-34(29(24)37)25-9-3-4-10-26(25)36;31-19-30(27-11-5-6-14-32-27)12-15-34(16-13-30)18-21-17-24-28(23-8-2-1-7-22(21)23)33-20-35(29(24)37)25-9-3-4-10-26(25)36/h2*1-2,5-8,11,14,17,20,25-26,36H,3-4,9-10,12-13,15-16,18H2;1-2,5-8,11,14,17,20,25-26,36H,3-4,9-10,12-13,15-16,18H2/t2*25-,26-,30?,35?;25-,26-/m000/s1. The summed E-state index contributed by atoms with van der Waals surface area (Å²) in [6.45, 7) is 3.85. The Morgan fingerprint density at radius 3 is 0.982 bits per heavy atom. The number of rotatable bonds is 12. The van der Waals surface area contributed by atoms with Crippen LogP contribution in [-0.4, -0.2) is 131 Å². The summed E-state index contributed by atoms with van der Waals surface area (Å²) in [6, 6.07) is 53.0. The molecule has 23 heteroatoms. The van der Waals surface area contributed by atoms with Gasteiger partial charge in [-0.15, -0.1) is 0 Å². The van der Waals surface area contributed by atoms with E-state index in [1.54, 1.807) is 51.3 Å². The van der Waals surface area contributed by atoms with Crippen molar-refractivity contribution >= 4 is 65.0 Å². The number of nitrogens with zero attached hydrogens (tertiary/aromatic N) is 15. The number of nitriles is 3. The van der Waals surface area contributed by atoms with Crippen molar-refractivity contribution in [1.29, 1.82) is 15.8 Å².